The van der Waals surface area contributed by atoms with Gasteiger partial charge in [0.1, 0.15) is 6.10 Å². The standard InChI is InChI=1S/C51H95NO5/c1-4-7-10-13-16-19-21-23-25-26-27-29-31-34-37-40-43-49(54)48(46-53)52-50(55)45-47(42-39-36-33-18-15-12-9-6-3)57-51(56)44-41-38-35-32-30-28-24-22-20-17-14-11-8-5-2/h8,11,17,20,24,28,47-49,53-54H,4-7,9-10,12-16,18-19,21-23,25-27,29-46H2,1-3H3,(H,52,55)/b11-8+,20-17+,28-24+. The molecule has 334 valence electrons. The highest BCUT2D eigenvalue weighted by atomic mass is 16.5. The molecular formula is C51H95NO5. The maximum atomic E-state index is 13.1. The Bertz CT molecular complexity index is 946. The van der Waals surface area contributed by atoms with Crippen LogP contribution in [0.3, 0.4) is 0 Å². The molecule has 0 aliphatic carbocycles. The molecule has 0 heterocycles. The van der Waals surface area contributed by atoms with Crippen molar-refractivity contribution < 1.29 is 24.5 Å². The molecule has 3 atom stereocenters. The van der Waals surface area contributed by atoms with Crippen LogP contribution in [0.2, 0.25) is 0 Å². The van der Waals surface area contributed by atoms with Crippen molar-refractivity contribution in [1.82, 2.24) is 5.32 Å². The summed E-state index contributed by atoms with van der Waals surface area (Å²) in [5.74, 6) is -0.496. The van der Waals surface area contributed by atoms with Crippen LogP contribution < -0.4 is 5.32 Å². The highest BCUT2D eigenvalue weighted by molar-refractivity contribution is 5.77. The third-order valence-electron chi connectivity index (χ3n) is 11.2. The van der Waals surface area contributed by atoms with Gasteiger partial charge >= 0.3 is 5.97 Å². The van der Waals surface area contributed by atoms with Crippen molar-refractivity contribution in [3.63, 3.8) is 0 Å². The molecule has 0 radical (unpaired) electrons. The quantitative estimate of drug-likeness (QED) is 0.0324. The minimum Gasteiger partial charge on any atom is -0.462 e. The number of ether oxygens (including phenoxy) is 1. The predicted octanol–water partition coefficient (Wildman–Crippen LogP) is 14.5. The van der Waals surface area contributed by atoms with Gasteiger partial charge in [0.15, 0.2) is 0 Å². The lowest BCUT2D eigenvalue weighted by atomic mass is 10.0. The largest absolute Gasteiger partial charge is 0.462 e. The Labute approximate surface area is 353 Å². The first kappa shape index (κ1) is 55.1. The van der Waals surface area contributed by atoms with E-state index in [1.165, 1.54) is 122 Å². The molecule has 0 spiro atoms. The lowest BCUT2D eigenvalue weighted by Crippen LogP contribution is -2.46. The Morgan fingerprint density at radius 3 is 1.44 bits per heavy atom. The van der Waals surface area contributed by atoms with E-state index in [0.29, 0.717) is 19.3 Å². The van der Waals surface area contributed by atoms with Crippen LogP contribution in [0.5, 0.6) is 0 Å². The average Bonchev–Trinajstić information content (AvgIpc) is 3.20. The Morgan fingerprint density at radius 1 is 0.526 bits per heavy atom. The Morgan fingerprint density at radius 2 is 0.947 bits per heavy atom. The fourth-order valence-corrected chi connectivity index (χ4v) is 7.50. The van der Waals surface area contributed by atoms with Gasteiger partial charge in [-0.2, -0.15) is 0 Å². The number of rotatable bonds is 44. The molecule has 0 aromatic carbocycles. The van der Waals surface area contributed by atoms with Gasteiger partial charge < -0.3 is 20.3 Å². The summed E-state index contributed by atoms with van der Waals surface area (Å²) in [5.41, 5.74) is 0. The second-order valence-electron chi connectivity index (χ2n) is 16.8. The maximum absolute atomic E-state index is 13.1. The minimum absolute atomic E-state index is 0.0709. The van der Waals surface area contributed by atoms with Gasteiger partial charge in [-0.25, -0.2) is 0 Å². The summed E-state index contributed by atoms with van der Waals surface area (Å²) in [5, 5.41) is 23.7. The highest BCUT2D eigenvalue weighted by Gasteiger charge is 2.24. The summed E-state index contributed by atoms with van der Waals surface area (Å²) in [6.45, 7) is 6.35. The molecule has 0 aromatic rings. The number of unbranched alkanes of at least 4 members (excludes halogenated alkanes) is 26. The zero-order valence-corrected chi connectivity index (χ0v) is 38.0. The van der Waals surface area contributed by atoms with Crippen LogP contribution in [0.1, 0.15) is 252 Å². The van der Waals surface area contributed by atoms with Gasteiger partial charge in [-0.3, -0.25) is 9.59 Å². The lowest BCUT2D eigenvalue weighted by Gasteiger charge is -2.24. The molecule has 3 N–H and O–H groups in total. The monoisotopic (exact) mass is 802 g/mol. The van der Waals surface area contributed by atoms with Crippen LogP contribution >= 0.6 is 0 Å². The van der Waals surface area contributed by atoms with E-state index in [1.54, 1.807) is 0 Å². The van der Waals surface area contributed by atoms with Gasteiger partial charge in [0.25, 0.3) is 0 Å². The average molecular weight is 802 g/mol. The molecule has 0 fully saturated rings. The van der Waals surface area contributed by atoms with Crippen molar-refractivity contribution in [3.8, 4) is 0 Å². The van der Waals surface area contributed by atoms with Crippen LogP contribution in [0.4, 0.5) is 0 Å². The summed E-state index contributed by atoms with van der Waals surface area (Å²) in [4.78, 5) is 26.0. The summed E-state index contributed by atoms with van der Waals surface area (Å²) in [6, 6.07) is -0.701. The number of amides is 1. The second-order valence-corrected chi connectivity index (χ2v) is 16.8. The predicted molar refractivity (Wildman–Crippen MR) is 246 cm³/mol. The molecular weight excluding hydrogens is 707 g/mol. The number of aliphatic hydroxyl groups is 2. The number of hydrogen-bond acceptors (Lipinski definition) is 5. The summed E-state index contributed by atoms with van der Waals surface area (Å²) >= 11 is 0. The van der Waals surface area contributed by atoms with E-state index in [-0.39, 0.29) is 24.9 Å². The first-order valence-corrected chi connectivity index (χ1v) is 24.7. The van der Waals surface area contributed by atoms with E-state index in [4.69, 9.17) is 4.74 Å². The smallest absolute Gasteiger partial charge is 0.306 e. The van der Waals surface area contributed by atoms with Crippen molar-refractivity contribution in [2.75, 3.05) is 6.61 Å². The fourth-order valence-electron chi connectivity index (χ4n) is 7.50. The van der Waals surface area contributed by atoms with Crippen LogP contribution in [0, 0.1) is 0 Å². The zero-order chi connectivity index (χ0) is 41.7. The van der Waals surface area contributed by atoms with Gasteiger partial charge in [0, 0.05) is 6.42 Å². The SMILES string of the molecule is CC/C=C/C/C=C/C/C=C/CCCCCCC(=O)OC(CCCCCCCCCC)CC(=O)NC(CO)C(O)CCCCCCCCCCCCCCCCCC. The third kappa shape index (κ3) is 40.6. The van der Waals surface area contributed by atoms with E-state index in [2.05, 4.69) is 62.5 Å². The molecule has 0 bridgehead atoms. The van der Waals surface area contributed by atoms with Crippen LogP contribution in [-0.4, -0.2) is 46.9 Å². The molecule has 57 heavy (non-hydrogen) atoms. The number of aliphatic hydroxyl groups excluding tert-OH is 2. The Balaban J connectivity index is 4.43. The Kier molecular flexibility index (Phi) is 43.6. The molecule has 0 aliphatic rings. The topological polar surface area (TPSA) is 95.9 Å². The number of carbonyl (C=O) groups is 2. The number of hydrogen-bond donors (Lipinski definition) is 3. The molecule has 6 nitrogen and oxygen atoms in total. The zero-order valence-electron chi connectivity index (χ0n) is 38.0. The normalized spacial score (nSPS) is 13.6. The van der Waals surface area contributed by atoms with Crippen molar-refractivity contribution >= 4 is 11.9 Å². The van der Waals surface area contributed by atoms with Crippen molar-refractivity contribution in [3.05, 3.63) is 36.5 Å². The number of nitrogens with one attached hydrogen (secondary N) is 1. The molecule has 6 heteroatoms. The summed E-state index contributed by atoms with van der Waals surface area (Å²) < 4.78 is 5.89. The Hall–Kier alpha value is -1.92. The molecule has 0 aromatic heterocycles. The van der Waals surface area contributed by atoms with Crippen molar-refractivity contribution in [2.24, 2.45) is 0 Å². The molecule has 0 saturated heterocycles. The number of esters is 1. The molecule has 0 rings (SSSR count). The summed E-state index contributed by atoms with van der Waals surface area (Å²) in [6.07, 6.45) is 52.1. The van der Waals surface area contributed by atoms with E-state index < -0.39 is 18.2 Å². The van der Waals surface area contributed by atoms with Gasteiger partial charge in [0.2, 0.25) is 5.91 Å². The van der Waals surface area contributed by atoms with E-state index in [0.717, 1.165) is 83.5 Å². The van der Waals surface area contributed by atoms with E-state index in [9.17, 15) is 19.8 Å². The molecule has 3 unspecified atom stereocenters. The van der Waals surface area contributed by atoms with Gasteiger partial charge in [0.05, 0.1) is 25.2 Å². The van der Waals surface area contributed by atoms with Crippen LogP contribution in [0.15, 0.2) is 36.5 Å². The van der Waals surface area contributed by atoms with Crippen LogP contribution in [0.25, 0.3) is 0 Å². The minimum atomic E-state index is -0.787. The third-order valence-corrected chi connectivity index (χ3v) is 11.2. The van der Waals surface area contributed by atoms with Crippen molar-refractivity contribution in [1.29, 1.82) is 0 Å². The van der Waals surface area contributed by atoms with Crippen molar-refractivity contribution in [2.45, 2.75) is 270 Å². The fraction of sp³-hybridized carbons (Fsp3) is 0.843. The first-order chi connectivity index (χ1) is 28.0. The van der Waals surface area contributed by atoms with Gasteiger partial charge in [-0.15, -0.1) is 0 Å². The second kappa shape index (κ2) is 45.2. The van der Waals surface area contributed by atoms with E-state index in [1.807, 2.05) is 0 Å². The van der Waals surface area contributed by atoms with Crippen LogP contribution in [-0.2, 0) is 14.3 Å². The van der Waals surface area contributed by atoms with Gasteiger partial charge in [-0.05, 0) is 57.8 Å². The maximum Gasteiger partial charge on any atom is 0.306 e. The van der Waals surface area contributed by atoms with E-state index >= 15 is 0 Å². The number of allylic oxidation sites excluding steroid dienone is 6. The number of carbonyl (C=O) groups excluding carboxylic acids is 2. The molecule has 0 aliphatic heterocycles. The molecule has 0 saturated carbocycles. The highest BCUT2D eigenvalue weighted by Crippen LogP contribution is 2.18. The molecule has 1 amide bonds. The lowest BCUT2D eigenvalue weighted by molar-refractivity contribution is -0.151. The first-order valence-electron chi connectivity index (χ1n) is 24.7. The van der Waals surface area contributed by atoms with Gasteiger partial charge in [-0.1, -0.05) is 218 Å². The summed E-state index contributed by atoms with van der Waals surface area (Å²) in [7, 11) is 0.